The van der Waals surface area contributed by atoms with Crippen molar-refractivity contribution in [1.29, 1.82) is 0 Å². The lowest BCUT2D eigenvalue weighted by atomic mass is 9.98. The Labute approximate surface area is 105 Å². The number of aromatic nitrogens is 2. The highest BCUT2D eigenvalue weighted by Gasteiger charge is 2.07. The molecule has 88 valence electrons. The maximum absolute atomic E-state index is 5.69. The SMILES string of the molecule is Cc1cc(N)ncc1-c1cccc2ccncc12. The molecular weight excluding hydrogens is 222 g/mol. The predicted octanol–water partition coefficient (Wildman–Crippen LogP) is 3.19. The van der Waals surface area contributed by atoms with Crippen LogP contribution in [0.4, 0.5) is 5.82 Å². The summed E-state index contributed by atoms with van der Waals surface area (Å²) < 4.78 is 0. The molecule has 2 heterocycles. The number of pyridine rings is 2. The number of aryl methyl sites for hydroxylation is 1. The fourth-order valence-electron chi connectivity index (χ4n) is 2.21. The van der Waals surface area contributed by atoms with Crippen molar-refractivity contribution < 1.29 is 0 Å². The molecule has 0 unspecified atom stereocenters. The maximum atomic E-state index is 5.69. The molecule has 0 amide bonds. The third-order valence-corrected chi connectivity index (χ3v) is 3.11. The standard InChI is InChI=1S/C15H13N3/c1-10-7-15(16)18-9-13(10)12-4-2-3-11-5-6-17-8-14(11)12/h2-9H,1H3,(H2,16,18). The number of hydrogen-bond acceptors (Lipinski definition) is 3. The predicted molar refractivity (Wildman–Crippen MR) is 74.1 cm³/mol. The molecular formula is C15H13N3. The zero-order valence-electron chi connectivity index (χ0n) is 10.1. The van der Waals surface area contributed by atoms with E-state index < -0.39 is 0 Å². The Balaban J connectivity index is 2.31. The molecule has 0 aliphatic rings. The zero-order chi connectivity index (χ0) is 12.5. The topological polar surface area (TPSA) is 51.8 Å². The highest BCUT2D eigenvalue weighted by molar-refractivity contribution is 5.96. The number of anilines is 1. The van der Waals surface area contributed by atoms with Crippen LogP contribution in [-0.2, 0) is 0 Å². The average molecular weight is 235 g/mol. The van der Waals surface area contributed by atoms with Crippen molar-refractivity contribution in [3.8, 4) is 11.1 Å². The van der Waals surface area contributed by atoms with Crippen LogP contribution in [0, 0.1) is 6.92 Å². The molecule has 1 aromatic carbocycles. The first-order valence-corrected chi connectivity index (χ1v) is 5.81. The first-order valence-electron chi connectivity index (χ1n) is 5.81. The summed E-state index contributed by atoms with van der Waals surface area (Å²) in [7, 11) is 0. The van der Waals surface area contributed by atoms with Crippen LogP contribution < -0.4 is 5.73 Å². The van der Waals surface area contributed by atoms with Gasteiger partial charge in [-0.05, 0) is 35.6 Å². The largest absolute Gasteiger partial charge is 0.384 e. The third kappa shape index (κ3) is 1.70. The van der Waals surface area contributed by atoms with Gasteiger partial charge in [0.2, 0.25) is 0 Å². The molecule has 0 radical (unpaired) electrons. The van der Waals surface area contributed by atoms with Gasteiger partial charge in [-0.2, -0.15) is 0 Å². The Bertz CT molecular complexity index is 715. The lowest BCUT2D eigenvalue weighted by Gasteiger charge is -2.09. The van der Waals surface area contributed by atoms with Crippen LogP contribution in [0.25, 0.3) is 21.9 Å². The number of fused-ring (bicyclic) bond motifs is 1. The Morgan fingerprint density at radius 2 is 1.94 bits per heavy atom. The molecule has 0 saturated carbocycles. The molecule has 0 atom stereocenters. The molecule has 3 nitrogen and oxygen atoms in total. The summed E-state index contributed by atoms with van der Waals surface area (Å²) in [6, 6.07) is 10.1. The molecule has 2 aromatic heterocycles. The highest BCUT2D eigenvalue weighted by atomic mass is 14.8. The minimum atomic E-state index is 0.551. The molecule has 18 heavy (non-hydrogen) atoms. The van der Waals surface area contributed by atoms with Crippen LogP contribution in [0.3, 0.4) is 0 Å². The van der Waals surface area contributed by atoms with Crippen LogP contribution in [0.2, 0.25) is 0 Å². The van der Waals surface area contributed by atoms with E-state index in [1.165, 1.54) is 5.39 Å². The maximum Gasteiger partial charge on any atom is 0.123 e. The van der Waals surface area contributed by atoms with Crippen molar-refractivity contribution >= 4 is 16.6 Å². The average Bonchev–Trinajstić information content (AvgIpc) is 2.38. The minimum absolute atomic E-state index is 0.551. The van der Waals surface area contributed by atoms with E-state index in [1.807, 2.05) is 37.5 Å². The van der Waals surface area contributed by atoms with Gasteiger partial charge in [-0.25, -0.2) is 4.98 Å². The van der Waals surface area contributed by atoms with Gasteiger partial charge in [-0.3, -0.25) is 4.98 Å². The molecule has 0 spiro atoms. The van der Waals surface area contributed by atoms with Gasteiger partial charge in [0.15, 0.2) is 0 Å². The first kappa shape index (κ1) is 10.7. The molecule has 0 aliphatic heterocycles. The van der Waals surface area contributed by atoms with Crippen molar-refractivity contribution in [3.05, 3.63) is 54.5 Å². The Kier molecular flexibility index (Phi) is 2.45. The fraction of sp³-hybridized carbons (Fsp3) is 0.0667. The van der Waals surface area contributed by atoms with Crippen LogP contribution in [0.5, 0.6) is 0 Å². The van der Waals surface area contributed by atoms with Gasteiger partial charge in [0.1, 0.15) is 5.82 Å². The molecule has 3 heteroatoms. The van der Waals surface area contributed by atoms with Crippen LogP contribution in [-0.4, -0.2) is 9.97 Å². The number of hydrogen-bond donors (Lipinski definition) is 1. The number of nitrogens with zero attached hydrogens (tertiary/aromatic N) is 2. The van der Waals surface area contributed by atoms with E-state index in [1.54, 1.807) is 6.20 Å². The van der Waals surface area contributed by atoms with Crippen molar-refractivity contribution in [2.75, 3.05) is 5.73 Å². The molecule has 0 bridgehead atoms. The molecule has 0 aliphatic carbocycles. The molecule has 3 rings (SSSR count). The summed E-state index contributed by atoms with van der Waals surface area (Å²) in [4.78, 5) is 8.38. The van der Waals surface area contributed by atoms with E-state index in [-0.39, 0.29) is 0 Å². The van der Waals surface area contributed by atoms with Gasteiger partial charge in [0.05, 0.1) is 0 Å². The van der Waals surface area contributed by atoms with Crippen molar-refractivity contribution in [2.45, 2.75) is 6.92 Å². The summed E-state index contributed by atoms with van der Waals surface area (Å²) in [6.07, 6.45) is 5.52. The first-order chi connectivity index (χ1) is 8.75. The molecule has 0 fully saturated rings. The second kappa shape index (κ2) is 4.11. The van der Waals surface area contributed by atoms with Crippen molar-refractivity contribution in [3.63, 3.8) is 0 Å². The lowest BCUT2D eigenvalue weighted by molar-refractivity contribution is 1.29. The van der Waals surface area contributed by atoms with E-state index in [9.17, 15) is 0 Å². The quantitative estimate of drug-likeness (QED) is 0.704. The van der Waals surface area contributed by atoms with Gasteiger partial charge in [0.25, 0.3) is 0 Å². The Morgan fingerprint density at radius 1 is 1.06 bits per heavy atom. The van der Waals surface area contributed by atoms with Gasteiger partial charge in [-0.15, -0.1) is 0 Å². The van der Waals surface area contributed by atoms with Crippen LogP contribution in [0.1, 0.15) is 5.56 Å². The number of nitrogen functional groups attached to an aromatic ring is 1. The summed E-state index contributed by atoms with van der Waals surface area (Å²) in [6.45, 7) is 2.04. The molecule has 2 N–H and O–H groups in total. The van der Waals surface area contributed by atoms with E-state index in [4.69, 9.17) is 5.73 Å². The minimum Gasteiger partial charge on any atom is -0.384 e. The van der Waals surface area contributed by atoms with Gasteiger partial charge in [0, 0.05) is 29.5 Å². The second-order valence-electron chi connectivity index (χ2n) is 4.33. The Morgan fingerprint density at radius 3 is 2.78 bits per heavy atom. The van der Waals surface area contributed by atoms with Crippen LogP contribution in [0.15, 0.2) is 48.9 Å². The van der Waals surface area contributed by atoms with Crippen LogP contribution >= 0.6 is 0 Å². The Hall–Kier alpha value is -2.42. The van der Waals surface area contributed by atoms with Crippen molar-refractivity contribution in [1.82, 2.24) is 9.97 Å². The number of nitrogens with two attached hydrogens (primary N) is 1. The summed E-state index contributed by atoms with van der Waals surface area (Å²) >= 11 is 0. The number of benzene rings is 1. The van der Waals surface area contributed by atoms with E-state index >= 15 is 0 Å². The summed E-state index contributed by atoms with van der Waals surface area (Å²) in [5, 5.41) is 2.31. The summed E-state index contributed by atoms with van der Waals surface area (Å²) in [5.74, 6) is 0.551. The monoisotopic (exact) mass is 235 g/mol. The molecule has 3 aromatic rings. The smallest absolute Gasteiger partial charge is 0.123 e. The number of rotatable bonds is 1. The zero-order valence-corrected chi connectivity index (χ0v) is 10.1. The summed E-state index contributed by atoms with van der Waals surface area (Å²) in [5.41, 5.74) is 9.06. The van der Waals surface area contributed by atoms with Crippen molar-refractivity contribution in [2.24, 2.45) is 0 Å². The lowest BCUT2D eigenvalue weighted by Crippen LogP contribution is -1.93. The fourth-order valence-corrected chi connectivity index (χ4v) is 2.21. The van der Waals surface area contributed by atoms with E-state index in [0.29, 0.717) is 5.82 Å². The van der Waals surface area contributed by atoms with E-state index in [2.05, 4.69) is 22.1 Å². The molecule has 0 saturated heterocycles. The highest BCUT2D eigenvalue weighted by Crippen LogP contribution is 2.30. The third-order valence-electron chi connectivity index (χ3n) is 3.11. The van der Waals surface area contributed by atoms with Gasteiger partial charge < -0.3 is 5.73 Å². The van der Waals surface area contributed by atoms with Gasteiger partial charge >= 0.3 is 0 Å². The van der Waals surface area contributed by atoms with Gasteiger partial charge in [-0.1, -0.05) is 18.2 Å². The van der Waals surface area contributed by atoms with E-state index in [0.717, 1.165) is 22.1 Å². The second-order valence-corrected chi connectivity index (χ2v) is 4.33. The normalized spacial score (nSPS) is 10.7.